The molecule has 26 rings (SSSR count). The van der Waals surface area contributed by atoms with E-state index in [0.29, 0.717) is 0 Å². The molecule has 0 fully saturated rings. The lowest BCUT2D eigenvalue weighted by Crippen LogP contribution is -2.26. The molecule has 0 radical (unpaired) electrons. The van der Waals surface area contributed by atoms with Crippen molar-refractivity contribution < 1.29 is 0 Å². The third-order valence-corrected chi connectivity index (χ3v) is 30.2. The Morgan fingerprint density at radius 3 is 0.490 bits per heavy atom. The third-order valence-electron chi connectivity index (χ3n) is 30.2. The zero-order valence-corrected chi connectivity index (χ0v) is 80.3. The van der Waals surface area contributed by atoms with Crippen LogP contribution in [0.25, 0.3) is 122 Å². The predicted octanol–water partition coefficient (Wildman–Crippen LogP) is 37.9. The summed E-state index contributed by atoms with van der Waals surface area (Å²) in [5.74, 6) is 0. The largest absolute Gasteiger partial charge is 0.310 e. The minimum atomic E-state index is -0.595. The Morgan fingerprint density at radius 1 is 0.112 bits per heavy atom. The first kappa shape index (κ1) is 86.6. The first-order valence-electron chi connectivity index (χ1n) is 49.7. The van der Waals surface area contributed by atoms with Crippen molar-refractivity contribution in [2.75, 3.05) is 19.6 Å². The molecule has 0 N–H and O–H groups in total. The molecule has 0 atom stereocenters. The van der Waals surface area contributed by atoms with Crippen LogP contribution >= 0.6 is 0 Å². The Kier molecular flexibility index (Phi) is 21.9. The van der Waals surface area contributed by atoms with E-state index < -0.39 is 5.41 Å². The summed E-state index contributed by atoms with van der Waals surface area (Å²) in [6, 6.07) is 200. The summed E-state index contributed by atoms with van der Waals surface area (Å²) < 4.78 is 0. The first-order valence-corrected chi connectivity index (χ1v) is 49.7. The maximum absolute atomic E-state index is 2.49. The predicted molar refractivity (Wildman–Crippen MR) is 601 cm³/mol. The van der Waals surface area contributed by atoms with Crippen LogP contribution in [-0.4, -0.2) is 0 Å². The molecule has 0 bridgehead atoms. The van der Waals surface area contributed by atoms with Gasteiger partial charge in [-0.25, -0.2) is 0 Å². The van der Waals surface area contributed by atoms with E-state index in [2.05, 4.69) is 593 Å². The smallest absolute Gasteiger partial charge is 0.0727 e. The van der Waals surface area contributed by atoms with Crippen LogP contribution in [0.15, 0.2) is 546 Å². The van der Waals surface area contributed by atoms with E-state index in [1.807, 2.05) is 0 Å². The van der Waals surface area contributed by atoms with Crippen LogP contribution < -0.4 is 19.6 Å². The normalized spacial score (nSPS) is 12.9. The highest BCUT2D eigenvalue weighted by molar-refractivity contribution is 5.99. The Labute approximate surface area is 838 Å². The van der Waals surface area contributed by atoms with Crippen molar-refractivity contribution >= 4 is 68.2 Å². The lowest BCUT2D eigenvalue weighted by atomic mass is 9.70. The van der Waals surface area contributed by atoms with Gasteiger partial charge in [0.25, 0.3) is 0 Å². The molecule has 1 spiro atoms. The molecule has 4 aliphatic rings. The van der Waals surface area contributed by atoms with Crippen molar-refractivity contribution in [3.63, 3.8) is 0 Å². The van der Waals surface area contributed by atoms with Crippen LogP contribution in [0, 0.1) is 0 Å². The van der Waals surface area contributed by atoms with Gasteiger partial charge in [-0.1, -0.05) is 428 Å². The van der Waals surface area contributed by atoms with Crippen LogP contribution in [0.2, 0.25) is 0 Å². The van der Waals surface area contributed by atoms with E-state index in [0.717, 1.165) is 68.2 Å². The third kappa shape index (κ3) is 15.4. The molecule has 22 aromatic carbocycles. The van der Waals surface area contributed by atoms with Gasteiger partial charge in [-0.2, -0.15) is 0 Å². The van der Waals surface area contributed by atoms with Crippen LogP contribution in [-0.2, 0) is 16.2 Å². The van der Waals surface area contributed by atoms with Crippen molar-refractivity contribution in [2.24, 2.45) is 0 Å². The summed E-state index contributed by atoms with van der Waals surface area (Å²) >= 11 is 0. The van der Waals surface area contributed by atoms with Gasteiger partial charge >= 0.3 is 0 Å². The highest BCUT2D eigenvalue weighted by atomic mass is 15.2. The highest BCUT2D eigenvalue weighted by Gasteiger charge is 2.52. The average Bonchev–Trinajstić information content (AvgIpc) is 1.50. The van der Waals surface area contributed by atoms with Gasteiger partial charge < -0.3 is 19.6 Å². The monoisotopic (exact) mass is 1830 g/mol. The second-order valence-electron chi connectivity index (χ2n) is 39.0. The molecule has 4 aliphatic carbocycles. The first-order chi connectivity index (χ1) is 70.4. The molecule has 0 saturated carbocycles. The quantitative estimate of drug-likeness (QED) is 0.0800. The Hall–Kier alpha value is -18.0. The lowest BCUT2D eigenvalue weighted by molar-refractivity contribution is 0.660. The molecule has 678 valence electrons. The molecule has 4 nitrogen and oxygen atoms in total. The van der Waals surface area contributed by atoms with Crippen LogP contribution in [0.5, 0.6) is 0 Å². The second kappa shape index (κ2) is 36.1. The van der Waals surface area contributed by atoms with Crippen LogP contribution in [0.1, 0.15) is 72.2 Å². The van der Waals surface area contributed by atoms with Crippen molar-refractivity contribution in [1.82, 2.24) is 0 Å². The van der Waals surface area contributed by atoms with Crippen LogP contribution in [0.3, 0.4) is 0 Å². The molecule has 0 aromatic heterocycles. The molecule has 0 unspecified atom stereocenters. The van der Waals surface area contributed by atoms with Gasteiger partial charge in [0.1, 0.15) is 0 Å². The molecule has 0 aliphatic heterocycles. The number of hydrogen-bond donors (Lipinski definition) is 0. The highest BCUT2D eigenvalue weighted by Crippen LogP contribution is 2.65. The summed E-state index contributed by atoms with van der Waals surface area (Å²) in [6.45, 7) is 9.42. The fourth-order valence-corrected chi connectivity index (χ4v) is 23.1. The van der Waals surface area contributed by atoms with E-state index in [4.69, 9.17) is 0 Å². The molecule has 0 heterocycles. The summed E-state index contributed by atoms with van der Waals surface area (Å²) in [5, 5.41) is 0. The van der Waals surface area contributed by atoms with Gasteiger partial charge in [-0.15, -0.1) is 0 Å². The van der Waals surface area contributed by atoms with E-state index in [-0.39, 0.29) is 10.8 Å². The van der Waals surface area contributed by atoms with E-state index in [1.165, 1.54) is 167 Å². The summed E-state index contributed by atoms with van der Waals surface area (Å²) in [5.41, 5.74) is 50.3. The van der Waals surface area contributed by atoms with Crippen molar-refractivity contribution in [3.8, 4) is 122 Å². The molecule has 4 heteroatoms. The Morgan fingerprint density at radius 2 is 0.259 bits per heavy atom. The van der Waals surface area contributed by atoms with Crippen molar-refractivity contribution in [1.29, 1.82) is 0 Å². The Bertz CT molecular complexity index is 8100. The summed E-state index contributed by atoms with van der Waals surface area (Å²) in [4.78, 5) is 9.64. The molecule has 143 heavy (non-hydrogen) atoms. The zero-order valence-electron chi connectivity index (χ0n) is 80.3. The van der Waals surface area contributed by atoms with E-state index >= 15 is 0 Å². The Balaban J connectivity index is 0.000000151. The average molecular weight is 1830 g/mol. The summed E-state index contributed by atoms with van der Waals surface area (Å²) in [6.07, 6.45) is 0. The van der Waals surface area contributed by atoms with Crippen LogP contribution in [0.4, 0.5) is 68.2 Å². The second-order valence-corrected chi connectivity index (χ2v) is 39.0. The van der Waals surface area contributed by atoms with E-state index in [1.54, 1.807) is 0 Å². The number of hydrogen-bond acceptors (Lipinski definition) is 4. The molecular formula is C139H102N4. The minimum absolute atomic E-state index is 0.106. The zero-order chi connectivity index (χ0) is 95.7. The summed E-state index contributed by atoms with van der Waals surface area (Å²) in [7, 11) is 0. The topological polar surface area (TPSA) is 13.0 Å². The maximum Gasteiger partial charge on any atom is 0.0727 e. The standard InChI is InChI=1S/C73H50N2.C66H52N2/c1-5-17-51(18-6-1)54-29-31-55(32-30-54)58-37-43-60(44-38-58)74(59-23-11-4-12-24-59)63-45-47-67-68-48-46-64(50-72(68)73(71(67)49-63)69-27-15-13-25-65(69)66-26-14-16-28-70(66)73)75(61-39-33-56(34-40-61)52-19-7-2-8-20-52)62-41-35-57(36-42-62)53-21-9-3-10-22-53;1-65(2)61-21-13-11-19-57(61)59-41-39-55(43-63(59)65)67(51-31-23-47(24-32-51)45-15-7-5-8-16-45)53-35-27-49(28-36-53)50-29-37-54(38-30-50)68(52-33-25-48(26-34-52)46-17-9-6-10-18-46)56-40-42-60-58-20-12-14-22-62(58)66(3,4)64(60)44-56/h1-50H;5-44H,1-4H3. The number of benzene rings is 22. The number of para-hydroxylation sites is 1. The number of fused-ring (bicyclic) bond motifs is 16. The lowest BCUT2D eigenvalue weighted by Gasteiger charge is -2.33. The fraction of sp³-hybridized carbons (Fsp3) is 0.0504. The maximum atomic E-state index is 2.49. The minimum Gasteiger partial charge on any atom is -0.310 e. The van der Waals surface area contributed by atoms with E-state index in [9.17, 15) is 0 Å². The number of rotatable bonds is 19. The number of nitrogens with zero attached hydrogens (tertiary/aromatic N) is 4. The molecular weight excluding hydrogens is 1730 g/mol. The van der Waals surface area contributed by atoms with Crippen molar-refractivity contribution in [3.05, 3.63) is 590 Å². The SMILES string of the molecule is CC1(C)c2ccccc2-c2ccc(N(c3ccc(-c4ccccc4)cc3)c3ccc(-c4ccc(N(c5ccc(-c6ccccc6)cc5)c5ccc6c(c5)C(C)(C)c5ccccc5-6)cc4)cc3)cc21.c1ccc(-c2ccc(-c3ccc(N(c4ccccc4)c4ccc5c(c4)C4(c6ccccc6-c6ccccc64)c4cc(N(c6ccc(-c7ccccc7)cc6)c6ccc(-c7ccccc7)cc6)ccc4-5)cc3)cc2)cc1. The molecule has 22 aromatic rings. The molecule has 0 amide bonds. The molecule has 0 saturated heterocycles. The number of anilines is 12. The van der Waals surface area contributed by atoms with Gasteiger partial charge in [0.15, 0.2) is 0 Å². The van der Waals surface area contributed by atoms with Gasteiger partial charge in [-0.3, -0.25) is 0 Å². The van der Waals surface area contributed by atoms with Gasteiger partial charge in [0.05, 0.1) is 5.41 Å². The fourth-order valence-electron chi connectivity index (χ4n) is 23.1. The van der Waals surface area contributed by atoms with Gasteiger partial charge in [0.2, 0.25) is 0 Å². The van der Waals surface area contributed by atoms with Gasteiger partial charge in [0, 0.05) is 79.1 Å². The van der Waals surface area contributed by atoms with Gasteiger partial charge in [-0.05, 0) is 312 Å². The van der Waals surface area contributed by atoms with Crippen molar-refractivity contribution in [2.45, 2.75) is 43.9 Å².